The Kier molecular flexibility index (Phi) is 2.95. The summed E-state index contributed by atoms with van der Waals surface area (Å²) in [5, 5.41) is 3.86. The molecule has 3 heterocycles. The van der Waals surface area contributed by atoms with Gasteiger partial charge in [-0.15, -0.1) is 0 Å². The zero-order chi connectivity index (χ0) is 13.1. The van der Waals surface area contributed by atoms with E-state index in [4.69, 9.17) is 10.3 Å². The van der Waals surface area contributed by atoms with E-state index < -0.39 is 0 Å². The first-order valence-corrected chi connectivity index (χ1v) is 5.63. The summed E-state index contributed by atoms with van der Waals surface area (Å²) in [5.74, 6) is 1.16. The molecule has 19 heavy (non-hydrogen) atoms. The molecule has 3 rings (SSSR count). The minimum absolute atomic E-state index is 0.349. The molecule has 0 aliphatic heterocycles. The Labute approximate surface area is 108 Å². The number of rotatable bonds is 3. The monoisotopic (exact) mass is 254 g/mol. The molecule has 3 aromatic rings. The lowest BCUT2D eigenvalue weighted by molar-refractivity contribution is 0.432. The summed E-state index contributed by atoms with van der Waals surface area (Å²) < 4.78 is 5.19. The van der Waals surface area contributed by atoms with Crippen LogP contribution in [0.15, 0.2) is 41.3 Å². The lowest BCUT2D eigenvalue weighted by Gasteiger charge is -1.97. The lowest BCUT2D eigenvalue weighted by Crippen LogP contribution is -1.99. The Morgan fingerprint density at radius 1 is 1.05 bits per heavy atom. The van der Waals surface area contributed by atoms with Crippen molar-refractivity contribution >= 4 is 0 Å². The lowest BCUT2D eigenvalue weighted by atomic mass is 10.2. The summed E-state index contributed by atoms with van der Waals surface area (Å²) in [5.41, 5.74) is 7.07. The highest BCUT2D eigenvalue weighted by Gasteiger charge is 2.12. The van der Waals surface area contributed by atoms with Crippen molar-refractivity contribution in [2.24, 2.45) is 5.73 Å². The van der Waals surface area contributed by atoms with Crippen LogP contribution < -0.4 is 5.73 Å². The fraction of sp³-hybridized carbons (Fsp3) is 0.0833. The Balaban J connectivity index is 1.97. The van der Waals surface area contributed by atoms with Crippen molar-refractivity contribution in [1.29, 1.82) is 0 Å². The first kappa shape index (κ1) is 11.4. The van der Waals surface area contributed by atoms with Gasteiger partial charge in [-0.25, -0.2) is 9.97 Å². The van der Waals surface area contributed by atoms with Crippen LogP contribution in [0.25, 0.3) is 23.1 Å². The number of hydrogen-bond acceptors (Lipinski definition) is 7. The molecule has 0 amide bonds. The van der Waals surface area contributed by atoms with Gasteiger partial charge in [-0.1, -0.05) is 5.16 Å². The molecular weight excluding hydrogens is 244 g/mol. The van der Waals surface area contributed by atoms with Crippen LogP contribution in [0.5, 0.6) is 0 Å². The quantitative estimate of drug-likeness (QED) is 0.744. The van der Waals surface area contributed by atoms with Crippen LogP contribution >= 0.6 is 0 Å². The maximum absolute atomic E-state index is 5.54. The molecule has 0 saturated carbocycles. The van der Waals surface area contributed by atoms with E-state index in [1.165, 1.54) is 0 Å². The Morgan fingerprint density at radius 2 is 1.89 bits per heavy atom. The minimum Gasteiger partial charge on any atom is -0.333 e. The van der Waals surface area contributed by atoms with Gasteiger partial charge in [-0.3, -0.25) is 4.98 Å². The second kappa shape index (κ2) is 4.91. The van der Waals surface area contributed by atoms with Crippen LogP contribution in [0.3, 0.4) is 0 Å². The van der Waals surface area contributed by atoms with E-state index in [1.807, 2.05) is 6.07 Å². The average Bonchev–Trinajstić information content (AvgIpc) is 2.98. The SMILES string of the molecule is NCc1cc(-c2nc(-c3ncccn3)no2)ccn1. The first-order valence-electron chi connectivity index (χ1n) is 5.63. The van der Waals surface area contributed by atoms with Gasteiger partial charge in [0.15, 0.2) is 0 Å². The summed E-state index contributed by atoms with van der Waals surface area (Å²) in [6, 6.07) is 5.31. The summed E-state index contributed by atoms with van der Waals surface area (Å²) in [6.07, 6.45) is 4.90. The van der Waals surface area contributed by atoms with Crippen molar-refractivity contribution in [2.75, 3.05) is 0 Å². The number of hydrogen-bond donors (Lipinski definition) is 1. The molecule has 3 aromatic heterocycles. The van der Waals surface area contributed by atoms with Gasteiger partial charge in [0.1, 0.15) is 0 Å². The summed E-state index contributed by atoms with van der Waals surface area (Å²) >= 11 is 0. The molecule has 7 heteroatoms. The highest BCUT2D eigenvalue weighted by atomic mass is 16.5. The first-order chi connectivity index (χ1) is 9.36. The number of nitrogens with zero attached hydrogens (tertiary/aromatic N) is 5. The zero-order valence-corrected chi connectivity index (χ0v) is 9.89. The highest BCUT2D eigenvalue weighted by Crippen LogP contribution is 2.20. The topological polar surface area (TPSA) is 104 Å². The van der Waals surface area contributed by atoms with E-state index in [2.05, 4.69) is 25.1 Å². The molecular formula is C12H10N6O. The molecule has 0 saturated heterocycles. The molecule has 0 aliphatic rings. The molecule has 2 N–H and O–H groups in total. The molecule has 0 spiro atoms. The molecule has 0 radical (unpaired) electrons. The number of aromatic nitrogens is 5. The molecule has 0 aliphatic carbocycles. The molecule has 0 atom stereocenters. The average molecular weight is 254 g/mol. The van der Waals surface area contributed by atoms with Crippen molar-refractivity contribution in [3.05, 3.63) is 42.5 Å². The van der Waals surface area contributed by atoms with Gasteiger partial charge >= 0.3 is 0 Å². The predicted octanol–water partition coefficient (Wildman–Crippen LogP) is 1.05. The van der Waals surface area contributed by atoms with E-state index in [-0.39, 0.29) is 0 Å². The van der Waals surface area contributed by atoms with E-state index in [1.54, 1.807) is 30.7 Å². The number of pyridine rings is 1. The zero-order valence-electron chi connectivity index (χ0n) is 9.89. The second-order valence-corrected chi connectivity index (χ2v) is 3.74. The van der Waals surface area contributed by atoms with Crippen molar-refractivity contribution in [2.45, 2.75) is 6.54 Å². The highest BCUT2D eigenvalue weighted by molar-refractivity contribution is 5.55. The summed E-state index contributed by atoms with van der Waals surface area (Å²) in [7, 11) is 0. The van der Waals surface area contributed by atoms with Crippen LogP contribution in [-0.2, 0) is 6.54 Å². The van der Waals surface area contributed by atoms with Gasteiger partial charge in [0.05, 0.1) is 5.69 Å². The van der Waals surface area contributed by atoms with Crippen molar-refractivity contribution < 1.29 is 4.52 Å². The minimum atomic E-state index is 0.349. The van der Waals surface area contributed by atoms with Gasteiger partial charge in [0.25, 0.3) is 5.89 Å². The van der Waals surface area contributed by atoms with E-state index >= 15 is 0 Å². The molecule has 7 nitrogen and oxygen atoms in total. The van der Waals surface area contributed by atoms with Crippen molar-refractivity contribution in [1.82, 2.24) is 25.1 Å². The maximum atomic E-state index is 5.54. The molecule has 0 fully saturated rings. The Hall–Kier alpha value is -2.67. The Morgan fingerprint density at radius 3 is 2.68 bits per heavy atom. The van der Waals surface area contributed by atoms with Crippen LogP contribution in [0, 0.1) is 0 Å². The molecule has 0 aromatic carbocycles. The van der Waals surface area contributed by atoms with Gasteiger partial charge < -0.3 is 10.3 Å². The predicted molar refractivity (Wildman–Crippen MR) is 66.4 cm³/mol. The van der Waals surface area contributed by atoms with E-state index in [0.717, 1.165) is 11.3 Å². The van der Waals surface area contributed by atoms with Crippen LogP contribution in [0.2, 0.25) is 0 Å². The standard InChI is InChI=1S/C12H10N6O/c13-7-9-6-8(2-5-14-9)12-17-11(18-19-12)10-15-3-1-4-16-10/h1-6H,7,13H2. The fourth-order valence-corrected chi connectivity index (χ4v) is 1.57. The second-order valence-electron chi connectivity index (χ2n) is 3.74. The largest absolute Gasteiger partial charge is 0.333 e. The van der Waals surface area contributed by atoms with Crippen LogP contribution in [-0.4, -0.2) is 25.1 Å². The van der Waals surface area contributed by atoms with E-state index in [0.29, 0.717) is 24.1 Å². The van der Waals surface area contributed by atoms with Gasteiger partial charge in [0.2, 0.25) is 11.6 Å². The summed E-state index contributed by atoms with van der Waals surface area (Å²) in [4.78, 5) is 16.5. The number of nitrogens with two attached hydrogens (primary N) is 1. The van der Waals surface area contributed by atoms with Gasteiger partial charge in [-0.2, -0.15) is 4.98 Å². The molecule has 0 bridgehead atoms. The van der Waals surface area contributed by atoms with Crippen molar-refractivity contribution in [3.8, 4) is 23.1 Å². The Bertz CT molecular complexity index is 681. The third kappa shape index (κ3) is 2.31. The molecule has 0 unspecified atom stereocenters. The smallest absolute Gasteiger partial charge is 0.258 e. The normalized spacial score (nSPS) is 10.6. The summed E-state index contributed by atoms with van der Waals surface area (Å²) in [6.45, 7) is 0.358. The van der Waals surface area contributed by atoms with Crippen LogP contribution in [0.4, 0.5) is 0 Å². The van der Waals surface area contributed by atoms with Gasteiger partial charge in [0, 0.05) is 30.7 Å². The van der Waals surface area contributed by atoms with Crippen molar-refractivity contribution in [3.63, 3.8) is 0 Å². The molecule has 94 valence electrons. The fourth-order valence-electron chi connectivity index (χ4n) is 1.57. The van der Waals surface area contributed by atoms with E-state index in [9.17, 15) is 0 Å². The maximum Gasteiger partial charge on any atom is 0.258 e. The third-order valence-electron chi connectivity index (χ3n) is 2.46. The van der Waals surface area contributed by atoms with Crippen LogP contribution in [0.1, 0.15) is 5.69 Å². The third-order valence-corrected chi connectivity index (χ3v) is 2.46. The van der Waals surface area contributed by atoms with Gasteiger partial charge in [-0.05, 0) is 18.2 Å².